The first-order valence-corrected chi connectivity index (χ1v) is 7.78. The number of hydrogen-bond donors (Lipinski definition) is 1. The topological polar surface area (TPSA) is 39.1 Å². The molecule has 1 aromatic heterocycles. The Morgan fingerprint density at radius 3 is 2.65 bits per heavy atom. The largest absolute Gasteiger partial charge is 0.383 e. The van der Waals surface area contributed by atoms with Crippen LogP contribution in [0.2, 0.25) is 0 Å². The average Bonchev–Trinajstić information content (AvgIpc) is 2.65. The molecule has 1 rings (SSSR count). The molecule has 0 unspecified atom stereocenters. The zero-order valence-corrected chi connectivity index (χ0v) is 13.8. The molecule has 116 valence electrons. The zero-order valence-electron chi connectivity index (χ0n) is 13.8. The molecule has 1 heterocycles. The van der Waals surface area contributed by atoms with Crippen molar-refractivity contribution in [3.63, 3.8) is 0 Å². The van der Waals surface area contributed by atoms with Gasteiger partial charge in [-0.25, -0.2) is 0 Å². The Morgan fingerprint density at radius 1 is 1.25 bits per heavy atom. The Balaban J connectivity index is 2.44. The van der Waals surface area contributed by atoms with Crippen molar-refractivity contribution < 1.29 is 4.74 Å². The quantitative estimate of drug-likeness (QED) is 0.670. The van der Waals surface area contributed by atoms with E-state index in [0.717, 1.165) is 38.6 Å². The zero-order chi connectivity index (χ0) is 15.0. The third-order valence-electron chi connectivity index (χ3n) is 3.72. The molecule has 0 bridgehead atoms. The first-order valence-electron chi connectivity index (χ1n) is 7.78. The van der Waals surface area contributed by atoms with E-state index >= 15 is 0 Å². The van der Waals surface area contributed by atoms with Crippen molar-refractivity contribution in [1.82, 2.24) is 15.1 Å². The average molecular weight is 281 g/mol. The number of ether oxygens (including phenoxy) is 1. The molecule has 0 aliphatic carbocycles. The number of aromatic nitrogens is 2. The van der Waals surface area contributed by atoms with Gasteiger partial charge in [0, 0.05) is 25.9 Å². The van der Waals surface area contributed by atoms with E-state index in [1.54, 1.807) is 7.11 Å². The smallest absolute Gasteiger partial charge is 0.0628 e. The summed E-state index contributed by atoms with van der Waals surface area (Å²) in [4.78, 5) is 0. The van der Waals surface area contributed by atoms with Gasteiger partial charge in [-0.2, -0.15) is 5.10 Å². The second kappa shape index (κ2) is 9.14. The third-order valence-corrected chi connectivity index (χ3v) is 3.72. The first kappa shape index (κ1) is 17.2. The van der Waals surface area contributed by atoms with Gasteiger partial charge in [0.1, 0.15) is 0 Å². The third kappa shape index (κ3) is 5.63. The van der Waals surface area contributed by atoms with E-state index in [4.69, 9.17) is 4.74 Å². The number of nitrogens with zero attached hydrogens (tertiary/aromatic N) is 2. The maximum atomic E-state index is 5.03. The number of methoxy groups -OCH3 is 1. The van der Waals surface area contributed by atoms with Crippen LogP contribution < -0.4 is 5.32 Å². The summed E-state index contributed by atoms with van der Waals surface area (Å²) in [5.74, 6) is 0.774. The van der Waals surface area contributed by atoms with E-state index in [2.05, 4.69) is 42.8 Å². The minimum atomic E-state index is 0.770. The molecule has 0 aliphatic rings. The lowest BCUT2D eigenvalue weighted by Gasteiger charge is -2.08. The van der Waals surface area contributed by atoms with E-state index in [-0.39, 0.29) is 0 Å². The van der Waals surface area contributed by atoms with Crippen LogP contribution in [-0.4, -0.2) is 36.6 Å². The van der Waals surface area contributed by atoms with Crippen molar-refractivity contribution in [2.45, 2.75) is 53.5 Å². The van der Waals surface area contributed by atoms with Crippen LogP contribution >= 0.6 is 0 Å². The summed E-state index contributed by atoms with van der Waals surface area (Å²) in [6.07, 6.45) is 3.53. The minimum Gasteiger partial charge on any atom is -0.383 e. The minimum absolute atomic E-state index is 0.770. The molecule has 0 saturated carbocycles. The molecule has 0 saturated heterocycles. The van der Waals surface area contributed by atoms with Crippen molar-refractivity contribution in [3.05, 3.63) is 17.0 Å². The fourth-order valence-corrected chi connectivity index (χ4v) is 2.48. The van der Waals surface area contributed by atoms with Gasteiger partial charge in [-0.05, 0) is 51.1 Å². The summed E-state index contributed by atoms with van der Waals surface area (Å²) in [6, 6.07) is 0. The fourth-order valence-electron chi connectivity index (χ4n) is 2.48. The van der Waals surface area contributed by atoms with Crippen LogP contribution in [0.1, 0.15) is 43.6 Å². The summed E-state index contributed by atoms with van der Waals surface area (Å²) in [7, 11) is 1.73. The Bertz CT molecular complexity index is 385. The summed E-state index contributed by atoms with van der Waals surface area (Å²) in [5, 5.41) is 8.08. The van der Waals surface area contributed by atoms with Crippen molar-refractivity contribution in [2.24, 2.45) is 5.92 Å². The highest BCUT2D eigenvalue weighted by atomic mass is 16.5. The summed E-state index contributed by atoms with van der Waals surface area (Å²) in [5.41, 5.74) is 3.92. The number of rotatable bonds is 10. The van der Waals surface area contributed by atoms with E-state index in [9.17, 15) is 0 Å². The van der Waals surface area contributed by atoms with Crippen LogP contribution in [0.5, 0.6) is 0 Å². The van der Waals surface area contributed by atoms with Crippen LogP contribution in [0.3, 0.4) is 0 Å². The SMILES string of the molecule is COCCNCCc1c(C)nn(CCCC(C)C)c1C. The van der Waals surface area contributed by atoms with E-state index < -0.39 is 0 Å². The van der Waals surface area contributed by atoms with Gasteiger partial charge < -0.3 is 10.1 Å². The van der Waals surface area contributed by atoms with Gasteiger partial charge in [0.05, 0.1) is 12.3 Å². The Kier molecular flexibility index (Phi) is 7.85. The second-order valence-corrected chi connectivity index (χ2v) is 5.90. The maximum Gasteiger partial charge on any atom is 0.0628 e. The Morgan fingerprint density at radius 2 is 2.00 bits per heavy atom. The van der Waals surface area contributed by atoms with Gasteiger partial charge in [0.2, 0.25) is 0 Å². The summed E-state index contributed by atoms with van der Waals surface area (Å²) in [6.45, 7) is 12.6. The molecule has 0 spiro atoms. The van der Waals surface area contributed by atoms with Gasteiger partial charge in [-0.15, -0.1) is 0 Å². The molecule has 20 heavy (non-hydrogen) atoms. The standard InChI is InChI=1S/C16H31N3O/c1-13(2)7-6-11-19-15(4)16(14(3)18-19)8-9-17-10-12-20-5/h13,17H,6-12H2,1-5H3. The molecule has 4 heteroatoms. The van der Waals surface area contributed by atoms with Crippen molar-refractivity contribution in [3.8, 4) is 0 Å². The molecule has 0 aromatic carbocycles. The molecule has 0 fully saturated rings. The number of hydrogen-bond acceptors (Lipinski definition) is 3. The highest BCUT2D eigenvalue weighted by molar-refractivity contribution is 5.24. The van der Waals surface area contributed by atoms with Gasteiger partial charge >= 0.3 is 0 Å². The second-order valence-electron chi connectivity index (χ2n) is 5.90. The first-order chi connectivity index (χ1) is 9.56. The highest BCUT2D eigenvalue weighted by Crippen LogP contribution is 2.15. The number of aryl methyl sites for hydroxylation is 2. The van der Waals surface area contributed by atoms with Gasteiger partial charge in [-0.1, -0.05) is 13.8 Å². The van der Waals surface area contributed by atoms with Crippen LogP contribution in [0.4, 0.5) is 0 Å². The lowest BCUT2D eigenvalue weighted by molar-refractivity contribution is 0.199. The van der Waals surface area contributed by atoms with Crippen LogP contribution in [0.25, 0.3) is 0 Å². The van der Waals surface area contributed by atoms with Crippen LogP contribution in [-0.2, 0) is 17.7 Å². The normalized spacial score (nSPS) is 11.5. The molecule has 0 radical (unpaired) electrons. The summed E-state index contributed by atoms with van der Waals surface area (Å²) >= 11 is 0. The van der Waals surface area contributed by atoms with Gasteiger partial charge in [0.25, 0.3) is 0 Å². The molecule has 0 amide bonds. The molecule has 1 N–H and O–H groups in total. The lowest BCUT2D eigenvalue weighted by atomic mass is 10.1. The summed E-state index contributed by atoms with van der Waals surface area (Å²) < 4.78 is 7.21. The fraction of sp³-hybridized carbons (Fsp3) is 0.812. The van der Waals surface area contributed by atoms with Crippen molar-refractivity contribution in [1.29, 1.82) is 0 Å². The Hall–Kier alpha value is -0.870. The number of nitrogens with one attached hydrogen (secondary N) is 1. The molecule has 4 nitrogen and oxygen atoms in total. The molecule has 1 aromatic rings. The Labute approximate surface area is 123 Å². The van der Waals surface area contributed by atoms with E-state index in [0.29, 0.717) is 0 Å². The van der Waals surface area contributed by atoms with Crippen molar-refractivity contribution in [2.75, 3.05) is 26.8 Å². The van der Waals surface area contributed by atoms with E-state index in [1.807, 2.05) is 0 Å². The van der Waals surface area contributed by atoms with Crippen molar-refractivity contribution >= 4 is 0 Å². The highest BCUT2D eigenvalue weighted by Gasteiger charge is 2.10. The van der Waals surface area contributed by atoms with Gasteiger partial charge in [0.15, 0.2) is 0 Å². The maximum absolute atomic E-state index is 5.03. The lowest BCUT2D eigenvalue weighted by Crippen LogP contribution is -2.22. The molecule has 0 aliphatic heterocycles. The van der Waals surface area contributed by atoms with Crippen LogP contribution in [0.15, 0.2) is 0 Å². The molecular weight excluding hydrogens is 250 g/mol. The van der Waals surface area contributed by atoms with E-state index in [1.165, 1.54) is 29.8 Å². The molecular formula is C16H31N3O. The van der Waals surface area contributed by atoms with Gasteiger partial charge in [-0.3, -0.25) is 4.68 Å². The predicted molar refractivity (Wildman–Crippen MR) is 84.2 cm³/mol. The monoisotopic (exact) mass is 281 g/mol. The van der Waals surface area contributed by atoms with Crippen LogP contribution in [0, 0.1) is 19.8 Å². The predicted octanol–water partition coefficient (Wildman–Crippen LogP) is 2.71. The molecule has 0 atom stereocenters.